The molecule has 2 aliphatic heterocycles. The van der Waals surface area contributed by atoms with Gasteiger partial charge in [-0.15, -0.1) is 0 Å². The van der Waals surface area contributed by atoms with E-state index in [0.29, 0.717) is 17.2 Å². The summed E-state index contributed by atoms with van der Waals surface area (Å²) in [5, 5.41) is 14.0. The Labute approximate surface area is 132 Å². The zero-order valence-electron chi connectivity index (χ0n) is 12.6. The summed E-state index contributed by atoms with van der Waals surface area (Å²) in [6.45, 7) is 0. The number of aliphatic carboxylic acids is 1. The third kappa shape index (κ3) is 2.63. The summed E-state index contributed by atoms with van der Waals surface area (Å²) in [6, 6.07) is 4.93. The minimum Gasteiger partial charge on any atom is -0.550 e. The lowest BCUT2D eigenvalue weighted by atomic mass is 9.82. The van der Waals surface area contributed by atoms with Crippen LogP contribution in [0.5, 0.6) is 11.5 Å². The first-order valence-corrected chi connectivity index (χ1v) is 7.12. The quantitative estimate of drug-likeness (QED) is 0.765. The second-order valence-electron chi connectivity index (χ2n) is 5.38. The van der Waals surface area contributed by atoms with Crippen LogP contribution in [-0.4, -0.2) is 38.3 Å². The summed E-state index contributed by atoms with van der Waals surface area (Å²) in [5.74, 6) is -2.56. The number of rotatable bonds is 5. The van der Waals surface area contributed by atoms with Crippen molar-refractivity contribution in [3.63, 3.8) is 0 Å². The highest BCUT2D eigenvalue weighted by atomic mass is 16.5. The maximum atomic E-state index is 12.5. The Kier molecular flexibility index (Phi) is 3.96. The highest BCUT2D eigenvalue weighted by molar-refractivity contribution is 5.97. The van der Waals surface area contributed by atoms with Crippen molar-refractivity contribution in [2.45, 2.75) is 12.2 Å². The molecule has 0 aromatic heterocycles. The molecule has 1 aromatic carbocycles. The van der Waals surface area contributed by atoms with E-state index in [1.165, 1.54) is 14.2 Å². The number of benzene rings is 1. The van der Waals surface area contributed by atoms with Gasteiger partial charge in [0.05, 0.1) is 38.0 Å². The lowest BCUT2D eigenvalue weighted by Gasteiger charge is -2.25. The smallest absolute Gasteiger partial charge is 0.231 e. The Bertz CT molecular complexity index is 671. The normalized spacial score (nSPS) is 27.7. The summed E-state index contributed by atoms with van der Waals surface area (Å²) < 4.78 is 15.8. The number of ether oxygens (including phenoxy) is 3. The average Bonchev–Trinajstić information content (AvgIpc) is 3.16. The molecule has 1 amide bonds. The van der Waals surface area contributed by atoms with Crippen LogP contribution in [0, 0.1) is 11.8 Å². The first-order chi connectivity index (χ1) is 11.0. The number of methoxy groups -OCH3 is 2. The Morgan fingerprint density at radius 1 is 1.13 bits per heavy atom. The standard InChI is InChI=1S/C16H17NO6/c1-21-8-3-4-9(12(7-8)22-2)17-15(18)13-10-5-6-11(23-10)14(13)16(19)20/h3-7,10-11,13-14H,1-2H3,(H,17,18)(H,19,20)/p-1/t10-,11+,13+,14-/m0/s1. The summed E-state index contributed by atoms with van der Waals surface area (Å²) in [5.41, 5.74) is 0.433. The molecule has 1 N–H and O–H groups in total. The number of carbonyl (C=O) groups is 2. The van der Waals surface area contributed by atoms with Crippen LogP contribution in [0.4, 0.5) is 5.69 Å². The maximum Gasteiger partial charge on any atom is 0.231 e. The van der Waals surface area contributed by atoms with Crippen molar-refractivity contribution in [3.05, 3.63) is 30.4 Å². The van der Waals surface area contributed by atoms with E-state index < -0.39 is 35.9 Å². The fourth-order valence-corrected chi connectivity index (χ4v) is 3.02. The monoisotopic (exact) mass is 318 g/mol. The van der Waals surface area contributed by atoms with E-state index in [-0.39, 0.29) is 0 Å². The predicted molar refractivity (Wildman–Crippen MR) is 78.0 cm³/mol. The molecule has 4 atom stereocenters. The minimum absolute atomic E-state index is 0.419. The van der Waals surface area contributed by atoms with Crippen molar-refractivity contribution in [1.82, 2.24) is 0 Å². The number of carboxylic acid groups (broad SMARTS) is 1. The first-order valence-electron chi connectivity index (χ1n) is 7.12. The van der Waals surface area contributed by atoms with Gasteiger partial charge in [0.2, 0.25) is 5.91 Å². The highest BCUT2D eigenvalue weighted by Crippen LogP contribution is 2.40. The topological polar surface area (TPSA) is 96.9 Å². The fraction of sp³-hybridized carbons (Fsp3) is 0.375. The van der Waals surface area contributed by atoms with E-state index >= 15 is 0 Å². The van der Waals surface area contributed by atoms with Crippen molar-refractivity contribution in [3.8, 4) is 11.5 Å². The molecule has 2 heterocycles. The van der Waals surface area contributed by atoms with E-state index in [1.54, 1.807) is 30.4 Å². The van der Waals surface area contributed by atoms with Gasteiger partial charge in [-0.05, 0) is 12.1 Å². The molecular weight excluding hydrogens is 302 g/mol. The number of hydrogen-bond acceptors (Lipinski definition) is 6. The molecule has 0 spiro atoms. The van der Waals surface area contributed by atoms with E-state index in [0.717, 1.165) is 0 Å². The Hall–Kier alpha value is -2.54. The van der Waals surface area contributed by atoms with Gasteiger partial charge in [0.25, 0.3) is 0 Å². The SMILES string of the molecule is COc1ccc(NC(=O)[C@H]2[C@@H](C(=O)[O-])[C@H]3C=C[C@@H]2O3)c(OC)c1. The van der Waals surface area contributed by atoms with Gasteiger partial charge in [0.1, 0.15) is 11.5 Å². The van der Waals surface area contributed by atoms with Crippen molar-refractivity contribution in [1.29, 1.82) is 0 Å². The Morgan fingerprint density at radius 2 is 1.83 bits per heavy atom. The maximum absolute atomic E-state index is 12.5. The van der Waals surface area contributed by atoms with Crippen LogP contribution >= 0.6 is 0 Å². The second kappa shape index (κ2) is 5.92. The van der Waals surface area contributed by atoms with Gasteiger partial charge < -0.3 is 29.4 Å². The predicted octanol–water partition coefficient (Wildman–Crippen LogP) is -0.0382. The van der Waals surface area contributed by atoms with Gasteiger partial charge in [-0.3, -0.25) is 4.79 Å². The lowest BCUT2D eigenvalue weighted by Crippen LogP contribution is -2.45. The van der Waals surface area contributed by atoms with Gasteiger partial charge in [0, 0.05) is 18.0 Å². The van der Waals surface area contributed by atoms with Gasteiger partial charge >= 0.3 is 0 Å². The molecule has 7 nitrogen and oxygen atoms in total. The number of hydrogen-bond donors (Lipinski definition) is 1. The van der Waals surface area contributed by atoms with Crippen LogP contribution in [-0.2, 0) is 14.3 Å². The number of nitrogens with one attached hydrogen (secondary N) is 1. The van der Waals surface area contributed by atoms with Gasteiger partial charge in [-0.1, -0.05) is 12.2 Å². The van der Waals surface area contributed by atoms with Gasteiger partial charge in [-0.2, -0.15) is 0 Å². The lowest BCUT2D eigenvalue weighted by molar-refractivity contribution is -0.313. The Balaban J connectivity index is 1.82. The number of amides is 1. The molecule has 1 fully saturated rings. The number of fused-ring (bicyclic) bond motifs is 2. The third-order valence-electron chi connectivity index (χ3n) is 4.14. The number of carboxylic acids is 1. The molecule has 0 aliphatic carbocycles. The molecule has 0 saturated carbocycles. The third-order valence-corrected chi connectivity index (χ3v) is 4.14. The molecule has 0 unspecified atom stereocenters. The van der Waals surface area contributed by atoms with E-state index in [1.807, 2.05) is 0 Å². The van der Waals surface area contributed by atoms with E-state index in [2.05, 4.69) is 5.32 Å². The molecule has 7 heteroatoms. The zero-order valence-corrected chi connectivity index (χ0v) is 12.6. The minimum atomic E-state index is -1.29. The van der Waals surface area contributed by atoms with Crippen molar-refractivity contribution in [2.24, 2.45) is 11.8 Å². The van der Waals surface area contributed by atoms with Crippen molar-refractivity contribution >= 4 is 17.6 Å². The van der Waals surface area contributed by atoms with Crippen molar-refractivity contribution in [2.75, 3.05) is 19.5 Å². The summed E-state index contributed by atoms with van der Waals surface area (Å²) >= 11 is 0. The van der Waals surface area contributed by atoms with Crippen LogP contribution in [0.15, 0.2) is 30.4 Å². The fourth-order valence-electron chi connectivity index (χ4n) is 3.02. The molecule has 1 saturated heterocycles. The largest absolute Gasteiger partial charge is 0.550 e. The van der Waals surface area contributed by atoms with Crippen molar-refractivity contribution < 1.29 is 28.9 Å². The van der Waals surface area contributed by atoms with E-state index in [4.69, 9.17) is 14.2 Å². The molecule has 0 radical (unpaired) electrons. The summed E-state index contributed by atoms with van der Waals surface area (Å²) in [7, 11) is 2.99. The van der Waals surface area contributed by atoms with Crippen LogP contribution in [0.2, 0.25) is 0 Å². The Morgan fingerprint density at radius 3 is 2.43 bits per heavy atom. The average molecular weight is 318 g/mol. The molecule has 23 heavy (non-hydrogen) atoms. The number of carbonyl (C=O) groups excluding carboxylic acids is 2. The zero-order chi connectivity index (χ0) is 16.6. The molecular formula is C16H16NO6-. The van der Waals surface area contributed by atoms with Crippen LogP contribution in [0.3, 0.4) is 0 Å². The molecule has 1 aromatic rings. The van der Waals surface area contributed by atoms with Crippen LogP contribution < -0.4 is 19.9 Å². The molecule has 122 valence electrons. The van der Waals surface area contributed by atoms with Crippen LogP contribution in [0.25, 0.3) is 0 Å². The summed E-state index contributed by atoms with van der Waals surface area (Å²) in [4.78, 5) is 23.9. The summed E-state index contributed by atoms with van der Waals surface area (Å²) in [6.07, 6.45) is 2.20. The van der Waals surface area contributed by atoms with E-state index in [9.17, 15) is 14.7 Å². The van der Waals surface area contributed by atoms with Gasteiger partial charge in [-0.25, -0.2) is 0 Å². The van der Waals surface area contributed by atoms with Crippen LogP contribution in [0.1, 0.15) is 0 Å². The molecule has 2 aliphatic rings. The number of anilines is 1. The second-order valence-corrected chi connectivity index (χ2v) is 5.38. The first kappa shape index (κ1) is 15.4. The van der Waals surface area contributed by atoms with Gasteiger partial charge in [0.15, 0.2) is 0 Å². The highest BCUT2D eigenvalue weighted by Gasteiger charge is 2.50. The molecule has 2 bridgehead atoms. The molecule has 3 rings (SSSR count).